The minimum absolute atomic E-state index is 0.0123. The van der Waals surface area contributed by atoms with Crippen LogP contribution in [0.4, 0.5) is 17.2 Å². The Morgan fingerprint density at radius 2 is 2.28 bits per heavy atom. The molecule has 2 aromatic heterocycles. The van der Waals surface area contributed by atoms with Gasteiger partial charge in [-0.2, -0.15) is 10.2 Å². The zero-order chi connectivity index (χ0) is 13.3. The predicted molar refractivity (Wildman–Crippen MR) is 65.8 cm³/mol. The van der Waals surface area contributed by atoms with E-state index in [1.54, 1.807) is 31.0 Å². The lowest BCUT2D eigenvalue weighted by molar-refractivity contribution is -0.384. The van der Waals surface area contributed by atoms with Gasteiger partial charge in [-0.05, 0) is 13.8 Å². The largest absolute Gasteiger partial charge is 0.334 e. The summed E-state index contributed by atoms with van der Waals surface area (Å²) in [7, 11) is 1.66. The van der Waals surface area contributed by atoms with Gasteiger partial charge in [0.2, 0.25) is 5.82 Å². The molecule has 0 bridgehead atoms. The fourth-order valence-electron chi connectivity index (χ4n) is 1.74. The Balaban J connectivity index is 2.36. The van der Waals surface area contributed by atoms with Gasteiger partial charge in [-0.3, -0.25) is 14.8 Å². The lowest BCUT2D eigenvalue weighted by Crippen LogP contribution is -2.01. The lowest BCUT2D eigenvalue weighted by atomic mass is 10.4. The molecule has 0 unspecified atom stereocenters. The number of hydrogen-bond donors (Lipinski definition) is 1. The van der Waals surface area contributed by atoms with E-state index in [4.69, 9.17) is 0 Å². The molecule has 0 amide bonds. The number of aryl methyl sites for hydroxylation is 3. The Morgan fingerprint density at radius 3 is 2.83 bits per heavy atom. The van der Waals surface area contributed by atoms with Gasteiger partial charge in [0.1, 0.15) is 5.69 Å². The SMILES string of the molecule is CCn1cc(Nc2c([N+](=O)[O-])c(C)nn2C)cn1. The Morgan fingerprint density at radius 1 is 1.56 bits per heavy atom. The Labute approximate surface area is 103 Å². The molecular formula is C10H14N6O2. The van der Waals surface area contributed by atoms with E-state index in [1.807, 2.05) is 6.92 Å². The average molecular weight is 250 g/mol. The zero-order valence-electron chi connectivity index (χ0n) is 10.4. The Hall–Kier alpha value is -2.38. The first kappa shape index (κ1) is 12.1. The standard InChI is InChI=1S/C10H14N6O2/c1-4-15-6-8(5-11-15)12-10-9(16(17)18)7(2)13-14(10)3/h5-6,12H,4H2,1-3H3. The summed E-state index contributed by atoms with van der Waals surface area (Å²) in [5.74, 6) is 0.355. The van der Waals surface area contributed by atoms with Crippen LogP contribution in [-0.2, 0) is 13.6 Å². The van der Waals surface area contributed by atoms with Crippen LogP contribution in [0.3, 0.4) is 0 Å². The molecule has 8 heteroatoms. The number of nitrogens with zero attached hydrogens (tertiary/aromatic N) is 5. The zero-order valence-corrected chi connectivity index (χ0v) is 10.4. The second kappa shape index (κ2) is 4.47. The van der Waals surface area contributed by atoms with Crippen LogP contribution in [0.1, 0.15) is 12.6 Å². The van der Waals surface area contributed by atoms with E-state index >= 15 is 0 Å². The summed E-state index contributed by atoms with van der Waals surface area (Å²) in [5.41, 5.74) is 1.07. The van der Waals surface area contributed by atoms with Crippen molar-refractivity contribution in [1.82, 2.24) is 19.6 Å². The molecule has 2 aromatic rings. The van der Waals surface area contributed by atoms with Crippen molar-refractivity contribution in [2.75, 3.05) is 5.32 Å². The monoisotopic (exact) mass is 250 g/mol. The summed E-state index contributed by atoms with van der Waals surface area (Å²) >= 11 is 0. The van der Waals surface area contributed by atoms with Crippen LogP contribution in [0, 0.1) is 17.0 Å². The highest BCUT2D eigenvalue weighted by Crippen LogP contribution is 2.29. The highest BCUT2D eigenvalue weighted by molar-refractivity contribution is 5.66. The van der Waals surface area contributed by atoms with Crippen LogP contribution in [0.5, 0.6) is 0 Å². The molecule has 0 aliphatic heterocycles. The number of anilines is 2. The molecule has 2 rings (SSSR count). The van der Waals surface area contributed by atoms with Crippen molar-refractivity contribution < 1.29 is 4.92 Å². The summed E-state index contributed by atoms with van der Waals surface area (Å²) < 4.78 is 3.19. The first-order chi connectivity index (χ1) is 8.52. The first-order valence-corrected chi connectivity index (χ1v) is 5.50. The molecule has 1 N–H and O–H groups in total. The van der Waals surface area contributed by atoms with Crippen LogP contribution in [-0.4, -0.2) is 24.5 Å². The molecule has 8 nitrogen and oxygen atoms in total. The quantitative estimate of drug-likeness (QED) is 0.657. The Bertz CT molecular complexity index is 585. The average Bonchev–Trinajstić information content (AvgIpc) is 2.85. The molecule has 0 fully saturated rings. The van der Waals surface area contributed by atoms with E-state index in [9.17, 15) is 10.1 Å². The second-order valence-corrected chi connectivity index (χ2v) is 3.87. The van der Waals surface area contributed by atoms with Crippen LogP contribution in [0.2, 0.25) is 0 Å². The number of nitrogens with one attached hydrogen (secondary N) is 1. The van der Waals surface area contributed by atoms with Gasteiger partial charge >= 0.3 is 5.69 Å². The van der Waals surface area contributed by atoms with Gasteiger partial charge in [-0.25, -0.2) is 4.68 Å². The molecule has 0 atom stereocenters. The maximum atomic E-state index is 11.0. The third-order valence-corrected chi connectivity index (χ3v) is 2.59. The third-order valence-electron chi connectivity index (χ3n) is 2.59. The minimum Gasteiger partial charge on any atom is -0.332 e. The number of nitro groups is 1. The van der Waals surface area contributed by atoms with Crippen molar-refractivity contribution in [2.24, 2.45) is 7.05 Å². The van der Waals surface area contributed by atoms with Gasteiger partial charge in [0.05, 0.1) is 16.8 Å². The first-order valence-electron chi connectivity index (χ1n) is 5.50. The van der Waals surface area contributed by atoms with Crippen molar-refractivity contribution in [1.29, 1.82) is 0 Å². The summed E-state index contributed by atoms with van der Waals surface area (Å²) in [6.07, 6.45) is 3.40. The molecule has 18 heavy (non-hydrogen) atoms. The number of aromatic nitrogens is 4. The highest BCUT2D eigenvalue weighted by atomic mass is 16.6. The summed E-state index contributed by atoms with van der Waals surface area (Å²) in [6, 6.07) is 0. The maximum absolute atomic E-state index is 11.0. The van der Waals surface area contributed by atoms with Gasteiger partial charge in [0.25, 0.3) is 0 Å². The molecule has 0 saturated heterocycles. The van der Waals surface area contributed by atoms with Crippen molar-refractivity contribution in [3.8, 4) is 0 Å². The van der Waals surface area contributed by atoms with Crippen molar-refractivity contribution in [2.45, 2.75) is 20.4 Å². The molecule has 0 aromatic carbocycles. The molecule has 2 heterocycles. The number of hydrogen-bond acceptors (Lipinski definition) is 5. The molecule has 96 valence electrons. The molecule has 0 radical (unpaired) electrons. The highest BCUT2D eigenvalue weighted by Gasteiger charge is 2.24. The topological polar surface area (TPSA) is 90.8 Å². The van der Waals surface area contributed by atoms with Gasteiger partial charge in [-0.1, -0.05) is 0 Å². The van der Waals surface area contributed by atoms with E-state index < -0.39 is 4.92 Å². The molecule has 0 spiro atoms. The maximum Gasteiger partial charge on any atom is 0.334 e. The molecule has 0 aliphatic rings. The van der Waals surface area contributed by atoms with Crippen molar-refractivity contribution in [3.63, 3.8) is 0 Å². The minimum atomic E-state index is -0.436. The second-order valence-electron chi connectivity index (χ2n) is 3.87. The van der Waals surface area contributed by atoms with E-state index in [2.05, 4.69) is 15.5 Å². The van der Waals surface area contributed by atoms with Crippen molar-refractivity contribution in [3.05, 3.63) is 28.2 Å². The van der Waals surface area contributed by atoms with Gasteiger partial charge in [0, 0.05) is 19.8 Å². The molecule has 0 aliphatic carbocycles. The van der Waals surface area contributed by atoms with Crippen LogP contribution < -0.4 is 5.32 Å². The molecule has 0 saturated carbocycles. The van der Waals surface area contributed by atoms with Gasteiger partial charge in [0.15, 0.2) is 0 Å². The lowest BCUT2D eigenvalue weighted by Gasteiger charge is -2.02. The van der Waals surface area contributed by atoms with E-state index in [0.717, 1.165) is 6.54 Å². The predicted octanol–water partition coefficient (Wildman–Crippen LogP) is 1.60. The summed E-state index contributed by atoms with van der Waals surface area (Å²) in [6.45, 7) is 4.32. The normalized spacial score (nSPS) is 10.6. The van der Waals surface area contributed by atoms with Gasteiger partial charge < -0.3 is 5.32 Å². The molecular weight excluding hydrogens is 236 g/mol. The van der Waals surface area contributed by atoms with Crippen molar-refractivity contribution >= 4 is 17.2 Å². The number of rotatable bonds is 4. The van der Waals surface area contributed by atoms with Crippen LogP contribution in [0.25, 0.3) is 0 Å². The summed E-state index contributed by atoms with van der Waals surface area (Å²) in [4.78, 5) is 10.6. The van der Waals surface area contributed by atoms with E-state index in [0.29, 0.717) is 17.2 Å². The van der Waals surface area contributed by atoms with E-state index in [1.165, 1.54) is 4.68 Å². The van der Waals surface area contributed by atoms with Gasteiger partial charge in [-0.15, -0.1) is 0 Å². The van der Waals surface area contributed by atoms with Crippen LogP contribution >= 0.6 is 0 Å². The fourth-order valence-corrected chi connectivity index (χ4v) is 1.74. The fraction of sp³-hybridized carbons (Fsp3) is 0.400. The van der Waals surface area contributed by atoms with Crippen LogP contribution in [0.15, 0.2) is 12.4 Å². The Kier molecular flexibility index (Phi) is 3.00. The third kappa shape index (κ3) is 2.04. The summed E-state index contributed by atoms with van der Waals surface area (Å²) in [5, 5.41) is 22.1. The van der Waals surface area contributed by atoms with E-state index in [-0.39, 0.29) is 5.69 Å². The smallest absolute Gasteiger partial charge is 0.332 e.